The van der Waals surface area contributed by atoms with E-state index in [4.69, 9.17) is 4.74 Å². The zero-order valence-corrected chi connectivity index (χ0v) is 15.5. The van der Waals surface area contributed by atoms with Crippen molar-refractivity contribution in [3.8, 4) is 5.69 Å². The number of thioether (sulfide) groups is 1. The van der Waals surface area contributed by atoms with E-state index in [-0.39, 0.29) is 5.82 Å². The van der Waals surface area contributed by atoms with Crippen molar-refractivity contribution in [2.45, 2.75) is 37.9 Å². The summed E-state index contributed by atoms with van der Waals surface area (Å²) in [5.74, 6) is 1.49. The zero-order valence-electron chi connectivity index (χ0n) is 14.7. The summed E-state index contributed by atoms with van der Waals surface area (Å²) in [6, 6.07) is 6.53. The summed E-state index contributed by atoms with van der Waals surface area (Å²) < 4.78 is 20.8. The minimum atomic E-state index is -0.236. The van der Waals surface area contributed by atoms with Crippen LogP contribution >= 0.6 is 11.8 Å². The van der Waals surface area contributed by atoms with Crippen LogP contribution in [0.1, 0.15) is 32.0 Å². The van der Waals surface area contributed by atoms with Gasteiger partial charge < -0.3 is 4.74 Å². The van der Waals surface area contributed by atoms with Gasteiger partial charge in [-0.05, 0) is 57.1 Å². The summed E-state index contributed by atoms with van der Waals surface area (Å²) in [4.78, 5) is 2.42. The highest BCUT2D eigenvalue weighted by Gasteiger charge is 2.18. The quantitative estimate of drug-likeness (QED) is 0.530. The Balaban J connectivity index is 1.80. The number of piperidine rings is 1. The third-order valence-electron chi connectivity index (χ3n) is 4.26. The van der Waals surface area contributed by atoms with E-state index in [0.717, 1.165) is 42.1 Å². The molecule has 1 aromatic carbocycles. The smallest absolute Gasteiger partial charge is 0.195 e. The maximum absolute atomic E-state index is 13.3. The van der Waals surface area contributed by atoms with Crippen molar-refractivity contribution in [2.75, 3.05) is 32.1 Å². The third-order valence-corrected chi connectivity index (χ3v) is 5.16. The van der Waals surface area contributed by atoms with Crippen molar-refractivity contribution in [1.29, 1.82) is 0 Å². The van der Waals surface area contributed by atoms with Crippen LogP contribution in [0, 0.1) is 5.82 Å². The number of aromatic nitrogens is 3. The highest BCUT2D eigenvalue weighted by atomic mass is 32.2. The molecule has 0 spiro atoms. The van der Waals surface area contributed by atoms with E-state index < -0.39 is 0 Å². The number of benzene rings is 1. The molecule has 136 valence electrons. The van der Waals surface area contributed by atoms with E-state index in [1.807, 2.05) is 11.5 Å². The fourth-order valence-electron chi connectivity index (χ4n) is 3.00. The van der Waals surface area contributed by atoms with Gasteiger partial charge in [0.1, 0.15) is 5.82 Å². The molecule has 0 unspecified atom stereocenters. The highest BCUT2D eigenvalue weighted by molar-refractivity contribution is 7.99. The number of rotatable bonds is 8. The minimum Gasteiger partial charge on any atom is -0.381 e. The number of nitrogens with zero attached hydrogens (tertiary/aromatic N) is 4. The monoisotopic (exact) mass is 364 g/mol. The SMILES string of the molecule is CCOCCSc1nnc(CN2CCCCC2)n1-c1ccc(F)cc1. The zero-order chi connectivity index (χ0) is 17.5. The topological polar surface area (TPSA) is 43.2 Å². The predicted octanol–water partition coefficient (Wildman–Crippen LogP) is 3.52. The number of likely N-dealkylation sites (tertiary alicyclic amines) is 1. The van der Waals surface area contributed by atoms with Gasteiger partial charge in [-0.1, -0.05) is 18.2 Å². The Labute approximate surface area is 152 Å². The molecular weight excluding hydrogens is 339 g/mol. The van der Waals surface area contributed by atoms with E-state index in [1.54, 1.807) is 23.9 Å². The van der Waals surface area contributed by atoms with Crippen LogP contribution in [0.15, 0.2) is 29.4 Å². The van der Waals surface area contributed by atoms with Gasteiger partial charge in [0.2, 0.25) is 0 Å². The molecule has 5 nitrogen and oxygen atoms in total. The molecule has 0 bridgehead atoms. The summed E-state index contributed by atoms with van der Waals surface area (Å²) in [5, 5.41) is 9.63. The Morgan fingerprint density at radius 1 is 1.12 bits per heavy atom. The van der Waals surface area contributed by atoms with Crippen molar-refractivity contribution < 1.29 is 9.13 Å². The second kappa shape index (κ2) is 9.31. The van der Waals surface area contributed by atoms with Crippen LogP contribution in [0.3, 0.4) is 0 Å². The fourth-order valence-corrected chi connectivity index (χ4v) is 3.82. The predicted molar refractivity (Wildman–Crippen MR) is 97.7 cm³/mol. The molecule has 1 aliphatic heterocycles. The van der Waals surface area contributed by atoms with Crippen molar-refractivity contribution >= 4 is 11.8 Å². The fraction of sp³-hybridized carbons (Fsp3) is 0.556. The average Bonchev–Trinajstić information content (AvgIpc) is 3.03. The second-order valence-electron chi connectivity index (χ2n) is 6.09. The molecule has 1 aliphatic rings. The van der Waals surface area contributed by atoms with Gasteiger partial charge in [-0.2, -0.15) is 0 Å². The van der Waals surface area contributed by atoms with E-state index in [9.17, 15) is 4.39 Å². The Hall–Kier alpha value is -1.44. The minimum absolute atomic E-state index is 0.236. The number of ether oxygens (including phenoxy) is 1. The van der Waals surface area contributed by atoms with Crippen LogP contribution < -0.4 is 0 Å². The standard InChI is InChI=1S/C18H25FN4OS/c1-2-24-12-13-25-18-21-20-17(14-22-10-4-3-5-11-22)23(18)16-8-6-15(19)7-9-16/h6-9H,2-5,10-14H2,1H3. The molecule has 3 rings (SSSR count). The summed E-state index contributed by atoms with van der Waals surface area (Å²) in [6.45, 7) is 6.36. The number of halogens is 1. The third kappa shape index (κ3) is 5.03. The first-order valence-electron chi connectivity index (χ1n) is 8.91. The van der Waals surface area contributed by atoms with Gasteiger partial charge in [0.25, 0.3) is 0 Å². The summed E-state index contributed by atoms with van der Waals surface area (Å²) in [7, 11) is 0. The lowest BCUT2D eigenvalue weighted by Gasteiger charge is -2.26. The summed E-state index contributed by atoms with van der Waals surface area (Å²) >= 11 is 1.62. The molecule has 7 heteroatoms. The van der Waals surface area contributed by atoms with Gasteiger partial charge in [0.05, 0.1) is 13.2 Å². The first kappa shape index (κ1) is 18.4. The van der Waals surface area contributed by atoms with Crippen LogP contribution in [0.2, 0.25) is 0 Å². The molecule has 0 aliphatic carbocycles. The molecule has 0 amide bonds. The first-order chi connectivity index (χ1) is 12.3. The lowest BCUT2D eigenvalue weighted by atomic mass is 10.1. The molecule has 1 saturated heterocycles. The molecule has 0 radical (unpaired) electrons. The van der Waals surface area contributed by atoms with E-state index in [1.165, 1.54) is 31.4 Å². The van der Waals surface area contributed by atoms with Crippen LogP contribution in [0.25, 0.3) is 5.69 Å². The Morgan fingerprint density at radius 3 is 2.60 bits per heavy atom. The molecule has 1 fully saturated rings. The largest absolute Gasteiger partial charge is 0.381 e. The van der Waals surface area contributed by atoms with Gasteiger partial charge in [-0.3, -0.25) is 9.47 Å². The van der Waals surface area contributed by atoms with Gasteiger partial charge in [0, 0.05) is 18.0 Å². The lowest BCUT2D eigenvalue weighted by molar-refractivity contribution is 0.164. The number of hydrogen-bond donors (Lipinski definition) is 0. The molecule has 0 atom stereocenters. The summed E-state index contributed by atoms with van der Waals surface area (Å²) in [5.41, 5.74) is 0.900. The molecule has 0 N–H and O–H groups in total. The molecule has 2 aromatic rings. The Bertz CT molecular complexity index is 656. The van der Waals surface area contributed by atoms with Crippen LogP contribution in [0.4, 0.5) is 4.39 Å². The lowest BCUT2D eigenvalue weighted by Crippen LogP contribution is -2.30. The van der Waals surface area contributed by atoms with Crippen molar-refractivity contribution in [1.82, 2.24) is 19.7 Å². The highest BCUT2D eigenvalue weighted by Crippen LogP contribution is 2.24. The van der Waals surface area contributed by atoms with Crippen molar-refractivity contribution in [3.63, 3.8) is 0 Å². The Kier molecular flexibility index (Phi) is 6.84. The molecular formula is C18H25FN4OS. The van der Waals surface area contributed by atoms with Gasteiger partial charge in [0.15, 0.2) is 11.0 Å². The normalized spacial score (nSPS) is 15.6. The van der Waals surface area contributed by atoms with E-state index in [2.05, 4.69) is 15.1 Å². The maximum Gasteiger partial charge on any atom is 0.195 e. The van der Waals surface area contributed by atoms with Crippen molar-refractivity contribution in [2.24, 2.45) is 0 Å². The van der Waals surface area contributed by atoms with E-state index in [0.29, 0.717) is 13.2 Å². The molecule has 25 heavy (non-hydrogen) atoms. The second-order valence-corrected chi connectivity index (χ2v) is 7.15. The van der Waals surface area contributed by atoms with Crippen LogP contribution in [-0.4, -0.2) is 51.7 Å². The van der Waals surface area contributed by atoms with Gasteiger partial charge in [-0.25, -0.2) is 4.39 Å². The van der Waals surface area contributed by atoms with E-state index >= 15 is 0 Å². The maximum atomic E-state index is 13.3. The Morgan fingerprint density at radius 2 is 1.88 bits per heavy atom. The van der Waals surface area contributed by atoms with Gasteiger partial charge in [-0.15, -0.1) is 10.2 Å². The van der Waals surface area contributed by atoms with Gasteiger partial charge >= 0.3 is 0 Å². The first-order valence-corrected chi connectivity index (χ1v) is 9.89. The van der Waals surface area contributed by atoms with Crippen molar-refractivity contribution in [3.05, 3.63) is 35.9 Å². The molecule has 1 aromatic heterocycles. The van der Waals surface area contributed by atoms with Crippen LogP contribution in [0.5, 0.6) is 0 Å². The molecule has 0 saturated carbocycles. The molecule has 2 heterocycles. The van der Waals surface area contributed by atoms with Crippen LogP contribution in [-0.2, 0) is 11.3 Å². The average molecular weight is 364 g/mol. The summed E-state index contributed by atoms with van der Waals surface area (Å²) in [6.07, 6.45) is 3.78. The number of hydrogen-bond acceptors (Lipinski definition) is 5.